The molecule has 4 nitrogen and oxygen atoms in total. The number of nitrogen functional groups attached to an aromatic ring is 1. The van der Waals surface area contributed by atoms with Crippen LogP contribution in [0.3, 0.4) is 0 Å². The molecule has 4 heteroatoms. The van der Waals surface area contributed by atoms with E-state index in [0.29, 0.717) is 24.1 Å². The van der Waals surface area contributed by atoms with Gasteiger partial charge >= 0.3 is 5.97 Å². The summed E-state index contributed by atoms with van der Waals surface area (Å²) in [6, 6.07) is 7.04. The summed E-state index contributed by atoms with van der Waals surface area (Å²) >= 11 is 0. The number of nitrogens with two attached hydrogens (primary N) is 1. The molecule has 0 saturated carbocycles. The van der Waals surface area contributed by atoms with E-state index in [2.05, 4.69) is 0 Å². The third kappa shape index (κ3) is 3.28. The van der Waals surface area contributed by atoms with Gasteiger partial charge in [0.1, 0.15) is 0 Å². The summed E-state index contributed by atoms with van der Waals surface area (Å²) in [5.41, 5.74) is 7.64. The van der Waals surface area contributed by atoms with Crippen LogP contribution in [-0.4, -0.2) is 12.6 Å². The third-order valence-corrected chi connectivity index (χ3v) is 2.18. The summed E-state index contributed by atoms with van der Waals surface area (Å²) < 4.78 is 4.98. The number of hydrogen-bond acceptors (Lipinski definition) is 4. The summed E-state index contributed by atoms with van der Waals surface area (Å²) in [5.74, 6) is -0.398. The normalized spacial score (nSPS) is 9.50. The van der Waals surface area contributed by atoms with E-state index in [9.17, 15) is 4.79 Å². The zero-order valence-corrected chi connectivity index (χ0v) is 9.19. The van der Waals surface area contributed by atoms with Crippen LogP contribution in [0.4, 0.5) is 5.69 Å². The highest BCUT2D eigenvalue weighted by molar-refractivity contribution is 5.90. The van der Waals surface area contributed by atoms with Gasteiger partial charge in [-0.15, -0.1) is 0 Å². The number of rotatable bonds is 4. The van der Waals surface area contributed by atoms with Gasteiger partial charge in [0.25, 0.3) is 0 Å². The average Bonchev–Trinajstić information content (AvgIpc) is 2.28. The molecular formula is C12H14N2O2. The van der Waals surface area contributed by atoms with Crippen molar-refractivity contribution in [2.75, 3.05) is 12.3 Å². The van der Waals surface area contributed by atoms with Gasteiger partial charge in [0.15, 0.2) is 0 Å². The van der Waals surface area contributed by atoms with Crippen LogP contribution in [0.25, 0.3) is 0 Å². The van der Waals surface area contributed by atoms with E-state index >= 15 is 0 Å². The van der Waals surface area contributed by atoms with E-state index in [1.807, 2.05) is 13.0 Å². The second kappa shape index (κ2) is 5.76. The molecule has 0 bridgehead atoms. The Labute approximate surface area is 94.6 Å². The molecule has 0 radical (unpaired) electrons. The Morgan fingerprint density at radius 2 is 2.31 bits per heavy atom. The second-order valence-corrected chi connectivity index (χ2v) is 3.47. The number of esters is 1. The quantitative estimate of drug-likeness (QED) is 0.476. The molecule has 0 aliphatic rings. The minimum absolute atomic E-state index is 0.264. The SMILES string of the molecule is Cc1ccc(C(=O)OCCCC#N)cc1N. The molecule has 0 fully saturated rings. The number of aryl methyl sites for hydroxylation is 1. The molecule has 0 saturated heterocycles. The van der Waals surface area contributed by atoms with E-state index < -0.39 is 5.97 Å². The summed E-state index contributed by atoms with van der Waals surface area (Å²) in [6.45, 7) is 2.14. The Kier molecular flexibility index (Phi) is 4.34. The number of nitriles is 1. The molecule has 16 heavy (non-hydrogen) atoms. The predicted octanol–water partition coefficient (Wildman–Crippen LogP) is 2.04. The van der Waals surface area contributed by atoms with Crippen molar-refractivity contribution >= 4 is 11.7 Å². The van der Waals surface area contributed by atoms with Crippen molar-refractivity contribution in [2.45, 2.75) is 19.8 Å². The molecule has 0 unspecified atom stereocenters. The van der Waals surface area contributed by atoms with Crippen molar-refractivity contribution in [1.82, 2.24) is 0 Å². The number of nitrogens with zero attached hydrogens (tertiary/aromatic N) is 1. The van der Waals surface area contributed by atoms with E-state index in [1.54, 1.807) is 18.2 Å². The first-order valence-electron chi connectivity index (χ1n) is 5.05. The van der Waals surface area contributed by atoms with Gasteiger partial charge in [0.2, 0.25) is 0 Å². The van der Waals surface area contributed by atoms with Crippen LogP contribution >= 0.6 is 0 Å². The van der Waals surface area contributed by atoms with Crippen LogP contribution in [-0.2, 0) is 4.74 Å². The highest BCUT2D eigenvalue weighted by atomic mass is 16.5. The Morgan fingerprint density at radius 1 is 1.56 bits per heavy atom. The smallest absolute Gasteiger partial charge is 0.338 e. The van der Waals surface area contributed by atoms with E-state index in [4.69, 9.17) is 15.7 Å². The molecule has 84 valence electrons. The number of unbranched alkanes of at least 4 members (excludes halogenated alkanes) is 1. The Bertz CT molecular complexity index is 422. The number of ether oxygens (including phenoxy) is 1. The Morgan fingerprint density at radius 3 is 2.94 bits per heavy atom. The lowest BCUT2D eigenvalue weighted by Gasteiger charge is -2.05. The van der Waals surface area contributed by atoms with Gasteiger partial charge < -0.3 is 10.5 Å². The van der Waals surface area contributed by atoms with Crippen molar-refractivity contribution in [1.29, 1.82) is 5.26 Å². The zero-order valence-electron chi connectivity index (χ0n) is 9.19. The minimum atomic E-state index is -0.398. The van der Waals surface area contributed by atoms with Gasteiger partial charge in [-0.25, -0.2) is 4.79 Å². The largest absolute Gasteiger partial charge is 0.462 e. The maximum absolute atomic E-state index is 11.5. The van der Waals surface area contributed by atoms with Crippen LogP contribution in [0.15, 0.2) is 18.2 Å². The van der Waals surface area contributed by atoms with Gasteiger partial charge in [-0.3, -0.25) is 0 Å². The topological polar surface area (TPSA) is 76.1 Å². The molecule has 2 N–H and O–H groups in total. The van der Waals surface area contributed by atoms with Gasteiger partial charge in [-0.2, -0.15) is 5.26 Å². The molecule has 0 heterocycles. The zero-order chi connectivity index (χ0) is 12.0. The van der Waals surface area contributed by atoms with Crippen LogP contribution in [0.1, 0.15) is 28.8 Å². The number of benzene rings is 1. The molecule has 0 atom stereocenters. The van der Waals surface area contributed by atoms with Crippen molar-refractivity contribution < 1.29 is 9.53 Å². The van der Waals surface area contributed by atoms with E-state index in [-0.39, 0.29) is 6.61 Å². The van der Waals surface area contributed by atoms with E-state index in [0.717, 1.165) is 5.56 Å². The highest BCUT2D eigenvalue weighted by Crippen LogP contribution is 2.13. The van der Waals surface area contributed by atoms with Crippen LogP contribution < -0.4 is 5.73 Å². The van der Waals surface area contributed by atoms with Gasteiger partial charge in [0, 0.05) is 12.1 Å². The molecular weight excluding hydrogens is 204 g/mol. The maximum Gasteiger partial charge on any atom is 0.338 e. The molecule has 0 spiro atoms. The van der Waals surface area contributed by atoms with Crippen LogP contribution in [0.2, 0.25) is 0 Å². The highest BCUT2D eigenvalue weighted by Gasteiger charge is 2.07. The molecule has 1 aromatic carbocycles. The minimum Gasteiger partial charge on any atom is -0.462 e. The first-order chi connectivity index (χ1) is 7.65. The molecule has 0 amide bonds. The van der Waals surface area contributed by atoms with Crippen molar-refractivity contribution in [3.05, 3.63) is 29.3 Å². The molecule has 0 aliphatic carbocycles. The number of carbonyl (C=O) groups is 1. The maximum atomic E-state index is 11.5. The van der Waals surface area contributed by atoms with Gasteiger partial charge in [0.05, 0.1) is 18.2 Å². The second-order valence-electron chi connectivity index (χ2n) is 3.47. The Balaban J connectivity index is 2.53. The summed E-state index contributed by atoms with van der Waals surface area (Å²) in [4.78, 5) is 11.5. The summed E-state index contributed by atoms with van der Waals surface area (Å²) in [7, 11) is 0. The van der Waals surface area contributed by atoms with Crippen LogP contribution in [0, 0.1) is 18.3 Å². The Hall–Kier alpha value is -2.02. The first kappa shape index (κ1) is 12.1. The van der Waals surface area contributed by atoms with Gasteiger partial charge in [-0.05, 0) is 31.0 Å². The predicted molar refractivity (Wildman–Crippen MR) is 60.7 cm³/mol. The van der Waals surface area contributed by atoms with Gasteiger partial charge in [-0.1, -0.05) is 6.07 Å². The average molecular weight is 218 g/mol. The number of anilines is 1. The third-order valence-electron chi connectivity index (χ3n) is 2.18. The first-order valence-corrected chi connectivity index (χ1v) is 5.05. The lowest BCUT2D eigenvalue weighted by atomic mass is 10.1. The standard InChI is InChI=1S/C12H14N2O2/c1-9-4-5-10(8-11(9)14)12(15)16-7-3-2-6-13/h4-5,8H,2-3,7,14H2,1H3. The fraction of sp³-hybridized carbons (Fsp3) is 0.333. The summed E-state index contributed by atoms with van der Waals surface area (Å²) in [6.07, 6.45) is 0.951. The fourth-order valence-electron chi connectivity index (χ4n) is 1.17. The van der Waals surface area contributed by atoms with Crippen molar-refractivity contribution in [3.63, 3.8) is 0 Å². The fourth-order valence-corrected chi connectivity index (χ4v) is 1.17. The van der Waals surface area contributed by atoms with Crippen molar-refractivity contribution in [3.8, 4) is 6.07 Å². The number of hydrogen-bond donors (Lipinski definition) is 1. The monoisotopic (exact) mass is 218 g/mol. The van der Waals surface area contributed by atoms with Crippen molar-refractivity contribution in [2.24, 2.45) is 0 Å². The lowest BCUT2D eigenvalue weighted by Crippen LogP contribution is -2.07. The summed E-state index contributed by atoms with van der Waals surface area (Å²) in [5, 5.41) is 8.31. The molecule has 1 rings (SSSR count). The number of carbonyl (C=O) groups excluding carboxylic acids is 1. The molecule has 0 aromatic heterocycles. The molecule has 1 aromatic rings. The lowest BCUT2D eigenvalue weighted by molar-refractivity contribution is 0.0502. The molecule has 0 aliphatic heterocycles. The van der Waals surface area contributed by atoms with E-state index in [1.165, 1.54) is 0 Å². The van der Waals surface area contributed by atoms with Crippen LogP contribution in [0.5, 0.6) is 0 Å².